The molecular weight excluding hydrogens is 302 g/mol. The van der Waals surface area contributed by atoms with Crippen molar-refractivity contribution in [3.8, 4) is 5.88 Å². The standard InChI is InChI=1S/C15H15N3O5/c1-17-12(19)11(13(20)18(2)15(17)22)8-16-10-6-4-9(5-7-10)14(21)23-3/h4-8,19H,1-3H3. The van der Waals surface area contributed by atoms with Crippen molar-refractivity contribution in [1.29, 1.82) is 0 Å². The third-order valence-corrected chi connectivity index (χ3v) is 3.30. The summed E-state index contributed by atoms with van der Waals surface area (Å²) in [5.74, 6) is -0.932. The van der Waals surface area contributed by atoms with Crippen LogP contribution < -0.4 is 11.2 Å². The Morgan fingerprint density at radius 3 is 2.35 bits per heavy atom. The van der Waals surface area contributed by atoms with Crippen molar-refractivity contribution in [2.24, 2.45) is 19.1 Å². The number of nitrogens with zero attached hydrogens (tertiary/aromatic N) is 3. The predicted molar refractivity (Wildman–Crippen MR) is 83.6 cm³/mol. The molecule has 0 bridgehead atoms. The highest BCUT2D eigenvalue weighted by Crippen LogP contribution is 2.14. The van der Waals surface area contributed by atoms with Gasteiger partial charge in [-0.1, -0.05) is 0 Å². The number of carbonyl (C=O) groups excluding carboxylic acids is 1. The number of hydrogen-bond acceptors (Lipinski definition) is 6. The van der Waals surface area contributed by atoms with Crippen LogP contribution in [0.3, 0.4) is 0 Å². The Bertz CT molecular complexity index is 891. The fraction of sp³-hybridized carbons (Fsp3) is 0.200. The zero-order valence-electron chi connectivity index (χ0n) is 12.8. The van der Waals surface area contributed by atoms with Gasteiger partial charge in [-0.25, -0.2) is 9.59 Å². The normalized spacial score (nSPS) is 10.9. The van der Waals surface area contributed by atoms with E-state index >= 15 is 0 Å². The van der Waals surface area contributed by atoms with Crippen molar-refractivity contribution < 1.29 is 14.6 Å². The van der Waals surface area contributed by atoms with Gasteiger partial charge in [-0.3, -0.25) is 18.9 Å². The van der Waals surface area contributed by atoms with Crippen molar-refractivity contribution in [3.63, 3.8) is 0 Å². The molecule has 0 fully saturated rings. The largest absolute Gasteiger partial charge is 0.494 e. The molecule has 0 aliphatic heterocycles. The van der Waals surface area contributed by atoms with E-state index in [2.05, 4.69) is 9.73 Å². The second kappa shape index (κ2) is 6.30. The first-order chi connectivity index (χ1) is 10.9. The molecule has 0 saturated carbocycles. The number of hydrogen-bond donors (Lipinski definition) is 1. The number of carbonyl (C=O) groups is 1. The first kappa shape index (κ1) is 16.2. The highest BCUT2D eigenvalue weighted by atomic mass is 16.5. The van der Waals surface area contributed by atoms with E-state index in [1.807, 2.05) is 0 Å². The molecule has 2 aromatic rings. The first-order valence-electron chi connectivity index (χ1n) is 6.58. The SMILES string of the molecule is COC(=O)c1ccc(N=Cc2c(O)n(C)c(=O)n(C)c2=O)cc1. The van der Waals surface area contributed by atoms with Gasteiger partial charge in [0.2, 0.25) is 5.88 Å². The van der Waals surface area contributed by atoms with Crippen LogP contribution in [-0.2, 0) is 18.8 Å². The highest BCUT2D eigenvalue weighted by Gasteiger charge is 2.12. The summed E-state index contributed by atoms with van der Waals surface area (Å²) in [7, 11) is 3.94. The summed E-state index contributed by atoms with van der Waals surface area (Å²) in [4.78, 5) is 39.0. The van der Waals surface area contributed by atoms with Crippen LogP contribution >= 0.6 is 0 Å². The number of ether oxygens (including phenoxy) is 1. The predicted octanol–water partition coefficient (Wildman–Crippen LogP) is 0.327. The van der Waals surface area contributed by atoms with Crippen molar-refractivity contribution in [3.05, 3.63) is 56.2 Å². The maximum absolute atomic E-state index is 12.0. The molecule has 0 saturated heterocycles. The fourth-order valence-electron chi connectivity index (χ4n) is 1.91. The van der Waals surface area contributed by atoms with E-state index in [9.17, 15) is 19.5 Å². The van der Waals surface area contributed by atoms with Crippen LogP contribution in [0.5, 0.6) is 5.88 Å². The molecule has 0 aliphatic rings. The lowest BCUT2D eigenvalue weighted by atomic mass is 10.2. The zero-order valence-corrected chi connectivity index (χ0v) is 12.8. The van der Waals surface area contributed by atoms with Crippen molar-refractivity contribution in [1.82, 2.24) is 9.13 Å². The van der Waals surface area contributed by atoms with Crippen LogP contribution in [0.15, 0.2) is 38.8 Å². The Morgan fingerprint density at radius 2 is 1.78 bits per heavy atom. The molecular formula is C15H15N3O5. The van der Waals surface area contributed by atoms with E-state index in [4.69, 9.17) is 0 Å². The van der Waals surface area contributed by atoms with Gasteiger partial charge in [-0.15, -0.1) is 0 Å². The summed E-state index contributed by atoms with van der Waals surface area (Å²) in [5.41, 5.74) is -0.556. The maximum atomic E-state index is 12.0. The van der Waals surface area contributed by atoms with E-state index in [-0.39, 0.29) is 5.56 Å². The second-order valence-corrected chi connectivity index (χ2v) is 4.74. The molecule has 0 amide bonds. The average molecular weight is 317 g/mol. The minimum absolute atomic E-state index is 0.105. The van der Waals surface area contributed by atoms with Gasteiger partial charge in [-0.2, -0.15) is 0 Å². The Morgan fingerprint density at radius 1 is 1.17 bits per heavy atom. The van der Waals surface area contributed by atoms with Gasteiger partial charge in [0.1, 0.15) is 5.56 Å². The Labute approximate surface area is 130 Å². The highest BCUT2D eigenvalue weighted by molar-refractivity contribution is 5.90. The lowest BCUT2D eigenvalue weighted by Crippen LogP contribution is -2.38. The van der Waals surface area contributed by atoms with Crippen LogP contribution in [0.1, 0.15) is 15.9 Å². The first-order valence-corrected chi connectivity index (χ1v) is 6.58. The van der Waals surface area contributed by atoms with E-state index in [0.29, 0.717) is 11.3 Å². The van der Waals surface area contributed by atoms with Gasteiger partial charge >= 0.3 is 11.7 Å². The van der Waals surface area contributed by atoms with Gasteiger partial charge in [0, 0.05) is 20.3 Å². The molecule has 0 spiro atoms. The lowest BCUT2D eigenvalue weighted by Gasteiger charge is -2.07. The van der Waals surface area contributed by atoms with Crippen LogP contribution in [0.4, 0.5) is 5.69 Å². The molecule has 0 atom stereocenters. The van der Waals surface area contributed by atoms with Crippen LogP contribution in [-0.4, -0.2) is 33.5 Å². The molecule has 120 valence electrons. The van der Waals surface area contributed by atoms with Crippen LogP contribution in [0, 0.1) is 0 Å². The number of aromatic hydroxyl groups is 1. The molecule has 23 heavy (non-hydrogen) atoms. The minimum atomic E-state index is -0.652. The molecule has 0 unspecified atom stereocenters. The fourth-order valence-corrected chi connectivity index (χ4v) is 1.91. The second-order valence-electron chi connectivity index (χ2n) is 4.74. The maximum Gasteiger partial charge on any atom is 0.337 e. The molecule has 2 rings (SSSR count). The van der Waals surface area contributed by atoms with E-state index in [1.165, 1.54) is 39.6 Å². The third-order valence-electron chi connectivity index (χ3n) is 3.30. The average Bonchev–Trinajstić information content (AvgIpc) is 2.58. The van der Waals surface area contributed by atoms with Crippen LogP contribution in [0.25, 0.3) is 0 Å². The molecule has 1 heterocycles. The molecule has 0 radical (unpaired) electrons. The van der Waals surface area contributed by atoms with Gasteiger partial charge in [0.15, 0.2) is 0 Å². The molecule has 8 nitrogen and oxygen atoms in total. The molecule has 8 heteroatoms. The molecule has 0 aliphatic carbocycles. The summed E-state index contributed by atoms with van der Waals surface area (Å²) >= 11 is 0. The third kappa shape index (κ3) is 3.05. The summed E-state index contributed by atoms with van der Waals surface area (Å²) in [6.07, 6.45) is 1.17. The monoisotopic (exact) mass is 317 g/mol. The van der Waals surface area contributed by atoms with Gasteiger partial charge in [0.25, 0.3) is 5.56 Å². The van der Waals surface area contributed by atoms with E-state index in [1.54, 1.807) is 12.1 Å². The minimum Gasteiger partial charge on any atom is -0.494 e. The van der Waals surface area contributed by atoms with Gasteiger partial charge in [-0.05, 0) is 24.3 Å². The lowest BCUT2D eigenvalue weighted by molar-refractivity contribution is 0.0601. The smallest absolute Gasteiger partial charge is 0.337 e. The van der Waals surface area contributed by atoms with Crippen molar-refractivity contribution in [2.45, 2.75) is 0 Å². The number of benzene rings is 1. The number of aromatic nitrogens is 2. The topological polar surface area (TPSA) is 103 Å². The van der Waals surface area contributed by atoms with E-state index < -0.39 is 23.1 Å². The molecule has 1 aromatic carbocycles. The summed E-state index contributed by atoms with van der Waals surface area (Å²) in [5, 5.41) is 9.91. The number of methoxy groups -OCH3 is 1. The van der Waals surface area contributed by atoms with Crippen molar-refractivity contribution >= 4 is 17.9 Å². The Balaban J connectivity index is 2.40. The summed E-state index contributed by atoms with van der Waals surface area (Å²) in [6.45, 7) is 0. The van der Waals surface area contributed by atoms with Crippen LogP contribution in [0.2, 0.25) is 0 Å². The van der Waals surface area contributed by atoms with Gasteiger partial charge < -0.3 is 9.84 Å². The number of esters is 1. The summed E-state index contributed by atoms with van der Waals surface area (Å²) in [6, 6.07) is 6.17. The Hall–Kier alpha value is -3.16. The number of aliphatic imine (C=N–C) groups is 1. The quantitative estimate of drug-likeness (QED) is 0.649. The molecule has 1 N–H and O–H groups in total. The molecule has 1 aromatic heterocycles. The Kier molecular flexibility index (Phi) is 4.44. The summed E-state index contributed by atoms with van der Waals surface area (Å²) < 4.78 is 6.41. The zero-order chi connectivity index (χ0) is 17.1. The van der Waals surface area contributed by atoms with Gasteiger partial charge in [0.05, 0.1) is 18.4 Å². The number of rotatable bonds is 3. The van der Waals surface area contributed by atoms with E-state index in [0.717, 1.165) is 9.13 Å². The van der Waals surface area contributed by atoms with Crippen molar-refractivity contribution in [2.75, 3.05) is 7.11 Å².